The second-order valence-electron chi connectivity index (χ2n) is 6.57. The molecule has 3 N–H and O–H groups in total. The number of aryl methyl sites for hydroxylation is 1. The molecule has 1 aromatic rings. The Bertz CT molecular complexity index is 442. The molecule has 0 saturated heterocycles. The van der Waals surface area contributed by atoms with Crippen molar-refractivity contribution in [1.82, 2.24) is 5.32 Å². The topological polar surface area (TPSA) is 38.0 Å². The highest BCUT2D eigenvalue weighted by Crippen LogP contribution is 2.37. The molecule has 19 heavy (non-hydrogen) atoms. The Morgan fingerprint density at radius 2 is 2.21 bits per heavy atom. The van der Waals surface area contributed by atoms with E-state index >= 15 is 0 Å². The van der Waals surface area contributed by atoms with Crippen LogP contribution < -0.4 is 11.1 Å². The van der Waals surface area contributed by atoms with Crippen molar-refractivity contribution >= 4 is 0 Å². The first-order chi connectivity index (χ1) is 8.91. The van der Waals surface area contributed by atoms with Gasteiger partial charge in [0.05, 0.1) is 0 Å². The Morgan fingerprint density at radius 1 is 1.47 bits per heavy atom. The summed E-state index contributed by atoms with van der Waals surface area (Å²) in [6.07, 6.45) is 3.58. The van der Waals surface area contributed by atoms with Gasteiger partial charge >= 0.3 is 0 Å². The fraction of sp³-hybridized carbons (Fsp3) is 0.625. The van der Waals surface area contributed by atoms with E-state index in [0.717, 1.165) is 12.0 Å². The zero-order chi connectivity index (χ0) is 14.0. The molecule has 2 atom stereocenters. The number of nitrogens with one attached hydrogen (secondary N) is 1. The maximum atomic E-state index is 13.6. The van der Waals surface area contributed by atoms with Gasteiger partial charge in [-0.2, -0.15) is 0 Å². The molecule has 0 aromatic heterocycles. The smallest absolute Gasteiger partial charge is 0.126 e. The zero-order valence-corrected chi connectivity index (χ0v) is 12.2. The molecule has 0 aliphatic heterocycles. The van der Waals surface area contributed by atoms with Crippen LogP contribution in [-0.4, -0.2) is 12.6 Å². The molecule has 0 bridgehead atoms. The van der Waals surface area contributed by atoms with E-state index in [1.54, 1.807) is 13.0 Å². The van der Waals surface area contributed by atoms with Crippen molar-refractivity contribution in [2.24, 2.45) is 11.1 Å². The Hall–Kier alpha value is -0.930. The van der Waals surface area contributed by atoms with Crippen LogP contribution in [0.3, 0.4) is 0 Å². The van der Waals surface area contributed by atoms with Crippen LogP contribution in [0.5, 0.6) is 0 Å². The molecule has 2 rings (SSSR count). The van der Waals surface area contributed by atoms with Gasteiger partial charge in [-0.3, -0.25) is 0 Å². The summed E-state index contributed by atoms with van der Waals surface area (Å²) in [5.41, 5.74) is 7.90. The first-order valence-corrected chi connectivity index (χ1v) is 7.13. The van der Waals surface area contributed by atoms with Crippen molar-refractivity contribution in [2.75, 3.05) is 6.54 Å². The fourth-order valence-electron chi connectivity index (χ4n) is 2.99. The first kappa shape index (κ1) is 14.5. The number of hydrogen-bond acceptors (Lipinski definition) is 2. The van der Waals surface area contributed by atoms with Crippen LogP contribution in [0.2, 0.25) is 0 Å². The standard InChI is InChI=1S/C16H25FN2/c1-11-4-5-12(8-14(11)17)15(10-18)19-13-6-7-16(2,3)9-13/h4-5,8,13,15,19H,6-7,9-10,18H2,1-3H3. The molecule has 1 aromatic carbocycles. The summed E-state index contributed by atoms with van der Waals surface area (Å²) in [4.78, 5) is 0. The number of halogens is 1. The van der Waals surface area contributed by atoms with Gasteiger partial charge in [0.15, 0.2) is 0 Å². The third-order valence-corrected chi connectivity index (χ3v) is 4.24. The van der Waals surface area contributed by atoms with Crippen LogP contribution in [0.15, 0.2) is 18.2 Å². The highest BCUT2D eigenvalue weighted by Gasteiger charge is 2.31. The van der Waals surface area contributed by atoms with Crippen molar-refractivity contribution in [2.45, 2.75) is 52.1 Å². The summed E-state index contributed by atoms with van der Waals surface area (Å²) >= 11 is 0. The van der Waals surface area contributed by atoms with Gasteiger partial charge in [-0.25, -0.2) is 4.39 Å². The molecular weight excluding hydrogens is 239 g/mol. The van der Waals surface area contributed by atoms with Gasteiger partial charge in [0.1, 0.15) is 5.82 Å². The van der Waals surface area contributed by atoms with E-state index in [2.05, 4.69) is 19.2 Å². The number of rotatable bonds is 4. The third-order valence-electron chi connectivity index (χ3n) is 4.24. The summed E-state index contributed by atoms with van der Waals surface area (Å²) in [7, 11) is 0. The van der Waals surface area contributed by atoms with E-state index in [4.69, 9.17) is 5.73 Å². The summed E-state index contributed by atoms with van der Waals surface area (Å²) in [5.74, 6) is -0.149. The lowest BCUT2D eigenvalue weighted by atomic mass is 9.91. The van der Waals surface area contributed by atoms with Gasteiger partial charge in [-0.05, 0) is 48.8 Å². The first-order valence-electron chi connectivity index (χ1n) is 7.13. The van der Waals surface area contributed by atoms with Gasteiger partial charge in [0.25, 0.3) is 0 Å². The van der Waals surface area contributed by atoms with E-state index in [1.807, 2.05) is 12.1 Å². The van der Waals surface area contributed by atoms with Crippen LogP contribution in [0.4, 0.5) is 4.39 Å². The summed E-state index contributed by atoms with van der Waals surface area (Å²) in [6, 6.07) is 5.96. The van der Waals surface area contributed by atoms with E-state index in [9.17, 15) is 4.39 Å². The van der Waals surface area contributed by atoms with Crippen molar-refractivity contribution < 1.29 is 4.39 Å². The Balaban J connectivity index is 2.06. The molecule has 2 nitrogen and oxygen atoms in total. The van der Waals surface area contributed by atoms with E-state index < -0.39 is 0 Å². The van der Waals surface area contributed by atoms with Gasteiger partial charge < -0.3 is 11.1 Å². The molecule has 106 valence electrons. The SMILES string of the molecule is Cc1ccc(C(CN)NC2CCC(C)(C)C2)cc1F. The third kappa shape index (κ3) is 3.54. The quantitative estimate of drug-likeness (QED) is 0.875. The number of benzene rings is 1. The van der Waals surface area contributed by atoms with Crippen LogP contribution in [0.25, 0.3) is 0 Å². The maximum Gasteiger partial charge on any atom is 0.126 e. The molecule has 0 amide bonds. The van der Waals surface area contributed by atoms with Gasteiger partial charge in [-0.1, -0.05) is 26.0 Å². The lowest BCUT2D eigenvalue weighted by molar-refractivity contribution is 0.353. The van der Waals surface area contributed by atoms with Gasteiger partial charge in [-0.15, -0.1) is 0 Å². The minimum atomic E-state index is -0.149. The molecule has 1 aliphatic carbocycles. The van der Waals surface area contributed by atoms with E-state index in [1.165, 1.54) is 12.8 Å². The van der Waals surface area contributed by atoms with Gasteiger partial charge in [0.2, 0.25) is 0 Å². The average Bonchev–Trinajstić information content (AvgIpc) is 2.69. The largest absolute Gasteiger partial charge is 0.329 e. The normalized spacial score (nSPS) is 23.5. The van der Waals surface area contributed by atoms with Crippen molar-refractivity contribution in [3.63, 3.8) is 0 Å². The minimum Gasteiger partial charge on any atom is -0.329 e. The Kier molecular flexibility index (Phi) is 4.26. The second kappa shape index (κ2) is 5.59. The molecule has 0 radical (unpaired) electrons. The maximum absolute atomic E-state index is 13.6. The molecular formula is C16H25FN2. The van der Waals surface area contributed by atoms with Crippen molar-refractivity contribution in [3.8, 4) is 0 Å². The van der Waals surface area contributed by atoms with Crippen molar-refractivity contribution in [3.05, 3.63) is 35.1 Å². The summed E-state index contributed by atoms with van der Waals surface area (Å²) < 4.78 is 13.6. The lowest BCUT2D eigenvalue weighted by Gasteiger charge is -2.24. The predicted octanol–water partition coefficient (Wildman–Crippen LogP) is 3.30. The lowest BCUT2D eigenvalue weighted by Crippen LogP contribution is -2.35. The Labute approximate surface area is 115 Å². The van der Waals surface area contributed by atoms with E-state index in [0.29, 0.717) is 23.6 Å². The zero-order valence-electron chi connectivity index (χ0n) is 12.2. The summed E-state index contributed by atoms with van der Waals surface area (Å²) in [5, 5.41) is 3.59. The Morgan fingerprint density at radius 3 is 2.74 bits per heavy atom. The molecule has 2 unspecified atom stereocenters. The molecule has 1 aliphatic rings. The molecule has 0 heterocycles. The minimum absolute atomic E-state index is 0.0500. The molecule has 3 heteroatoms. The van der Waals surface area contributed by atoms with Gasteiger partial charge in [0, 0.05) is 18.6 Å². The predicted molar refractivity (Wildman–Crippen MR) is 77.5 cm³/mol. The average molecular weight is 264 g/mol. The highest BCUT2D eigenvalue weighted by molar-refractivity contribution is 5.26. The number of nitrogens with two attached hydrogens (primary N) is 1. The van der Waals surface area contributed by atoms with Crippen LogP contribution in [-0.2, 0) is 0 Å². The second-order valence-corrected chi connectivity index (χ2v) is 6.57. The fourth-order valence-corrected chi connectivity index (χ4v) is 2.99. The molecule has 1 saturated carbocycles. The highest BCUT2D eigenvalue weighted by atomic mass is 19.1. The van der Waals surface area contributed by atoms with Crippen LogP contribution >= 0.6 is 0 Å². The molecule has 1 fully saturated rings. The summed E-state index contributed by atoms with van der Waals surface area (Å²) in [6.45, 7) is 6.89. The van der Waals surface area contributed by atoms with E-state index in [-0.39, 0.29) is 11.9 Å². The van der Waals surface area contributed by atoms with Crippen LogP contribution in [0.1, 0.15) is 50.3 Å². The number of hydrogen-bond donors (Lipinski definition) is 2. The monoisotopic (exact) mass is 264 g/mol. The van der Waals surface area contributed by atoms with Crippen molar-refractivity contribution in [1.29, 1.82) is 0 Å². The molecule has 0 spiro atoms. The van der Waals surface area contributed by atoms with Crippen LogP contribution in [0, 0.1) is 18.2 Å².